The molecule has 0 bridgehead atoms. The van der Waals surface area contributed by atoms with Crippen LogP contribution >= 0.6 is 0 Å². The smallest absolute Gasteiger partial charge is 0.759 e. The van der Waals surface area contributed by atoms with Crippen LogP contribution in [0, 0.1) is 0 Å². The maximum absolute atomic E-state index is 8.52. The van der Waals surface area contributed by atoms with Crippen LogP contribution < -0.4 is 138 Å². The first kappa shape index (κ1) is 77.1. The standard InChI is InChI=1S/2Cs.Ni.2H2O4S.6H2O/c;;;2*1-5(2,3)4;;;;;;/h;;;2*(H2,1,2,3,4);6*1H2/q2*+1;+2;;;;;;;;/p-4. The molecule has 12 N–H and O–H groups in total. The van der Waals surface area contributed by atoms with Crippen LogP contribution in [0.25, 0.3) is 0 Å². The molecule has 0 aromatic carbocycles. The molecule has 0 aromatic heterocycles. The second-order valence-electron chi connectivity index (χ2n) is 0.816. The molecule has 0 rings (SSSR count). The van der Waals surface area contributed by atoms with E-state index in [4.69, 9.17) is 35.0 Å². The molecule has 120 valence electrons. The van der Waals surface area contributed by atoms with Gasteiger partial charge < -0.3 is 51.1 Å². The second-order valence-corrected chi connectivity index (χ2v) is 2.45. The van der Waals surface area contributed by atoms with Crippen molar-refractivity contribution in [1.29, 1.82) is 0 Å². The molecule has 0 aliphatic heterocycles. The Kier molecular flexibility index (Phi) is 154. The van der Waals surface area contributed by atoms with E-state index in [1.165, 1.54) is 0 Å². The third kappa shape index (κ3) is 532. The maximum atomic E-state index is 8.52. The summed E-state index contributed by atoms with van der Waals surface area (Å²) < 4.78 is 68.2. The topological polar surface area (TPSA) is 350 Å². The van der Waals surface area contributed by atoms with Crippen molar-refractivity contribution in [2.24, 2.45) is 0 Å². The average Bonchev–Trinajstić information content (AvgIpc) is 1.12. The van der Waals surface area contributed by atoms with Gasteiger partial charge in [0.2, 0.25) is 0 Å². The first-order valence-corrected chi connectivity index (χ1v) is 4.00. The zero-order chi connectivity index (χ0) is 9.00. The Hall–Kier alpha value is 4.10. The Balaban J connectivity index is -0.00000000508. The Bertz CT molecular complexity index is 220. The van der Waals surface area contributed by atoms with Gasteiger partial charge in [0.05, 0.1) is 0 Å². The van der Waals surface area contributed by atoms with Crippen molar-refractivity contribution in [2.45, 2.75) is 0 Å². The Labute approximate surface area is 236 Å². The van der Waals surface area contributed by atoms with Gasteiger partial charge in [-0.15, -0.1) is 0 Å². The van der Waals surface area contributed by atoms with Gasteiger partial charge in [-0.05, 0) is 0 Å². The summed E-state index contributed by atoms with van der Waals surface area (Å²) in [6.07, 6.45) is 0. The fraction of sp³-hybridized carbons (Fsp3) is 0. The minimum Gasteiger partial charge on any atom is -0.759 e. The molecule has 0 aliphatic carbocycles. The molecule has 0 unspecified atom stereocenters. The fourth-order valence-electron chi connectivity index (χ4n) is 0. The van der Waals surface area contributed by atoms with Gasteiger partial charge in [-0.1, -0.05) is 0 Å². The average molecular weight is 625 g/mol. The third-order valence-electron chi connectivity index (χ3n) is 0. The van der Waals surface area contributed by atoms with E-state index in [2.05, 4.69) is 0 Å². The number of rotatable bonds is 0. The van der Waals surface area contributed by atoms with E-state index in [9.17, 15) is 0 Å². The molecule has 0 radical (unpaired) electrons. The zero-order valence-electron chi connectivity index (χ0n) is 9.40. The quantitative estimate of drug-likeness (QED) is 0.141. The van der Waals surface area contributed by atoms with Gasteiger partial charge in [0.1, 0.15) is 0 Å². The van der Waals surface area contributed by atoms with Gasteiger partial charge in [0.25, 0.3) is 0 Å². The van der Waals surface area contributed by atoms with Crippen LogP contribution in [0.2, 0.25) is 0 Å². The second kappa shape index (κ2) is 38.0. The van der Waals surface area contributed by atoms with Crippen molar-refractivity contribution in [3.05, 3.63) is 0 Å². The summed E-state index contributed by atoms with van der Waals surface area (Å²) in [6, 6.07) is 0. The van der Waals surface area contributed by atoms with Crippen LogP contribution in [0.5, 0.6) is 0 Å². The predicted octanol–water partition coefficient (Wildman–Crippen LogP) is -13.6. The molecular formula is H12Cs2NiO14S2. The molecule has 19 heavy (non-hydrogen) atoms. The van der Waals surface area contributed by atoms with Crippen LogP contribution in [-0.4, -0.2) is 67.9 Å². The summed E-state index contributed by atoms with van der Waals surface area (Å²) in [6.45, 7) is 0. The van der Waals surface area contributed by atoms with Gasteiger partial charge in [-0.3, -0.25) is 16.8 Å². The molecule has 0 atom stereocenters. The Morgan fingerprint density at radius 1 is 0.474 bits per heavy atom. The Morgan fingerprint density at radius 3 is 0.474 bits per heavy atom. The van der Waals surface area contributed by atoms with Crippen molar-refractivity contribution >= 4 is 20.8 Å². The van der Waals surface area contributed by atoms with Crippen molar-refractivity contribution in [2.75, 3.05) is 0 Å². The van der Waals surface area contributed by atoms with Crippen molar-refractivity contribution in [3.8, 4) is 0 Å². The first-order chi connectivity index (χ1) is 4.00. The van der Waals surface area contributed by atoms with Crippen LogP contribution in [0.15, 0.2) is 0 Å². The molecule has 19 heteroatoms. The van der Waals surface area contributed by atoms with E-state index in [0.717, 1.165) is 0 Å². The van der Waals surface area contributed by atoms with Crippen LogP contribution in [-0.2, 0) is 37.3 Å². The normalized spacial score (nSPS) is 6.11. The molecule has 0 saturated heterocycles. The van der Waals surface area contributed by atoms with Gasteiger partial charge in [-0.2, -0.15) is 0 Å². The summed E-state index contributed by atoms with van der Waals surface area (Å²) in [5, 5.41) is 0. The number of hydrogen-bond donors (Lipinski definition) is 0. The van der Waals surface area contributed by atoms with Crippen LogP contribution in [0.3, 0.4) is 0 Å². The van der Waals surface area contributed by atoms with E-state index in [1.54, 1.807) is 0 Å². The number of hydrogen-bond acceptors (Lipinski definition) is 8. The molecule has 14 nitrogen and oxygen atoms in total. The summed E-state index contributed by atoms with van der Waals surface area (Å²) in [7, 11) is -10.3. The molecule has 0 aliphatic rings. The zero-order valence-corrected chi connectivity index (χ0v) is 24.6. The minimum atomic E-state index is -5.17. The van der Waals surface area contributed by atoms with Gasteiger partial charge >= 0.3 is 154 Å². The molecule has 0 spiro atoms. The fourth-order valence-corrected chi connectivity index (χ4v) is 0. The van der Waals surface area contributed by atoms with E-state index >= 15 is 0 Å². The van der Waals surface area contributed by atoms with Gasteiger partial charge in [0.15, 0.2) is 0 Å². The van der Waals surface area contributed by atoms with Crippen molar-refractivity contribution < 1.29 is 222 Å². The summed E-state index contributed by atoms with van der Waals surface area (Å²) in [5.41, 5.74) is 0. The monoisotopic (exact) mass is 624 g/mol. The summed E-state index contributed by atoms with van der Waals surface area (Å²) in [4.78, 5) is 0. The summed E-state index contributed by atoms with van der Waals surface area (Å²) in [5.74, 6) is 0. The third-order valence-corrected chi connectivity index (χ3v) is 0. The molecular weight excluding hydrogens is 613 g/mol. The largest absolute Gasteiger partial charge is 2.00 e. The van der Waals surface area contributed by atoms with E-state index < -0.39 is 20.8 Å². The first-order valence-electron chi connectivity index (χ1n) is 1.33. The molecule has 0 fully saturated rings. The van der Waals surface area contributed by atoms with E-state index in [1.807, 2.05) is 0 Å². The van der Waals surface area contributed by atoms with E-state index in [0.29, 0.717) is 0 Å². The Morgan fingerprint density at radius 2 is 0.474 bits per heavy atom. The maximum Gasteiger partial charge on any atom is 2.00 e. The van der Waals surface area contributed by atoms with Gasteiger partial charge in [-0.25, -0.2) is 0 Å². The predicted molar refractivity (Wildman–Crippen MR) is 42.6 cm³/mol. The van der Waals surface area contributed by atoms with Crippen LogP contribution in [0.4, 0.5) is 0 Å². The van der Waals surface area contributed by atoms with Crippen molar-refractivity contribution in [3.63, 3.8) is 0 Å². The minimum absolute atomic E-state index is 0. The van der Waals surface area contributed by atoms with E-state index in [-0.39, 0.29) is 187 Å². The molecule has 0 aromatic rings. The van der Waals surface area contributed by atoms with Crippen molar-refractivity contribution in [1.82, 2.24) is 0 Å². The van der Waals surface area contributed by atoms with Gasteiger partial charge in [0, 0.05) is 20.8 Å². The SMILES string of the molecule is O.O.O.O.O.O.O=S(=O)([O-])[O-].O=S(=O)([O-])[O-].[Cs+].[Cs+].[Ni+2]. The molecule has 0 saturated carbocycles. The van der Waals surface area contributed by atoms with Crippen LogP contribution in [0.1, 0.15) is 0 Å². The summed E-state index contributed by atoms with van der Waals surface area (Å²) >= 11 is 0. The molecule has 0 heterocycles. The molecule has 0 amide bonds.